The molecular weight excluding hydrogens is 478 g/mol. The molecule has 0 saturated heterocycles. The Labute approximate surface area is 214 Å². The highest BCUT2D eigenvalue weighted by atomic mass is 35.5. The van der Waals surface area contributed by atoms with Gasteiger partial charge >= 0.3 is 0 Å². The lowest BCUT2D eigenvalue weighted by atomic mass is 10.1. The van der Waals surface area contributed by atoms with Crippen LogP contribution in [0.3, 0.4) is 0 Å². The van der Waals surface area contributed by atoms with Crippen molar-refractivity contribution in [3.63, 3.8) is 0 Å². The van der Waals surface area contributed by atoms with E-state index in [0.29, 0.717) is 22.8 Å². The molecule has 2 N–H and O–H groups in total. The average molecular weight is 506 g/mol. The van der Waals surface area contributed by atoms with Gasteiger partial charge in [0.25, 0.3) is 5.56 Å². The van der Waals surface area contributed by atoms with Crippen LogP contribution in [0.4, 0.5) is 11.4 Å². The minimum atomic E-state index is -0.297. The largest absolute Gasteiger partial charge is 0.504 e. The van der Waals surface area contributed by atoms with Crippen LogP contribution in [0.1, 0.15) is 31.2 Å². The highest BCUT2D eigenvalue weighted by molar-refractivity contribution is 7.99. The van der Waals surface area contributed by atoms with E-state index in [1.165, 1.54) is 11.8 Å². The molecule has 0 aliphatic carbocycles. The fourth-order valence-electron chi connectivity index (χ4n) is 4.03. The Morgan fingerprint density at radius 3 is 2.57 bits per heavy atom. The van der Waals surface area contributed by atoms with E-state index in [1.54, 1.807) is 6.20 Å². The first-order valence-corrected chi connectivity index (χ1v) is 12.8. The van der Waals surface area contributed by atoms with E-state index < -0.39 is 0 Å². The van der Waals surface area contributed by atoms with Crippen LogP contribution < -0.4 is 10.5 Å². The number of H-pyrrole nitrogens is 1. The van der Waals surface area contributed by atoms with Crippen molar-refractivity contribution < 1.29 is 5.11 Å². The molecule has 0 saturated carbocycles. The molecule has 2 aromatic carbocycles. The summed E-state index contributed by atoms with van der Waals surface area (Å²) in [5.41, 5.74) is 4.90. The number of aromatic hydroxyl groups is 1. The van der Waals surface area contributed by atoms with Crippen molar-refractivity contribution in [3.05, 3.63) is 93.6 Å². The average Bonchev–Trinajstić information content (AvgIpc) is 2.85. The number of pyridine rings is 2. The van der Waals surface area contributed by atoms with E-state index in [4.69, 9.17) is 11.6 Å². The summed E-state index contributed by atoms with van der Waals surface area (Å²) in [7, 11) is 1.87. The maximum absolute atomic E-state index is 13.0. The standard InChI is InChI=1S/C28H28ClN3O2S/c1-4-5-11-24-25(32(3)21-9-6-8-20(29)17-21)26(33)27(28(34)31-24)35-22-14-12-19(13-15-22)23-10-7-16-30-18(23)2/h6-10,12-17H,4-5,11H2,1-3H3,(H2,31,33,34). The first kappa shape index (κ1) is 24.9. The summed E-state index contributed by atoms with van der Waals surface area (Å²) in [6.45, 7) is 4.08. The van der Waals surface area contributed by atoms with E-state index in [2.05, 4.69) is 16.9 Å². The number of unbranched alkanes of at least 4 members (excludes halogenated alkanes) is 1. The molecule has 0 fully saturated rings. The van der Waals surface area contributed by atoms with Gasteiger partial charge in [0.05, 0.1) is 0 Å². The van der Waals surface area contributed by atoms with Crippen LogP contribution in [0.5, 0.6) is 5.75 Å². The zero-order chi connectivity index (χ0) is 24.9. The van der Waals surface area contributed by atoms with Crippen molar-refractivity contribution in [2.24, 2.45) is 0 Å². The molecule has 0 unspecified atom stereocenters. The molecule has 180 valence electrons. The monoisotopic (exact) mass is 505 g/mol. The van der Waals surface area contributed by atoms with Crippen molar-refractivity contribution in [2.75, 3.05) is 11.9 Å². The Kier molecular flexibility index (Phi) is 7.83. The number of nitrogens with one attached hydrogen (secondary N) is 1. The molecular formula is C28H28ClN3O2S. The summed E-state index contributed by atoms with van der Waals surface area (Å²) in [6, 6.07) is 19.3. The van der Waals surface area contributed by atoms with Crippen LogP contribution in [0, 0.1) is 6.92 Å². The SMILES string of the molecule is CCCCc1[nH]c(=O)c(Sc2ccc(-c3cccnc3C)cc2)c(O)c1N(C)c1cccc(Cl)c1. The van der Waals surface area contributed by atoms with Gasteiger partial charge in [0.1, 0.15) is 10.6 Å². The zero-order valence-electron chi connectivity index (χ0n) is 20.0. The van der Waals surface area contributed by atoms with E-state index in [9.17, 15) is 9.90 Å². The minimum Gasteiger partial charge on any atom is -0.504 e. The molecule has 0 amide bonds. The van der Waals surface area contributed by atoms with Gasteiger partial charge in [-0.15, -0.1) is 0 Å². The molecule has 0 bridgehead atoms. The zero-order valence-corrected chi connectivity index (χ0v) is 21.6. The maximum atomic E-state index is 13.0. The predicted octanol–water partition coefficient (Wildman–Crippen LogP) is 7.37. The number of hydrogen-bond donors (Lipinski definition) is 2. The van der Waals surface area contributed by atoms with Gasteiger partial charge in [-0.3, -0.25) is 9.78 Å². The first-order chi connectivity index (χ1) is 16.9. The number of aromatic amines is 1. The lowest BCUT2D eigenvalue weighted by Crippen LogP contribution is -2.19. The molecule has 0 spiro atoms. The summed E-state index contributed by atoms with van der Waals surface area (Å²) in [5.74, 6) is -0.0282. The smallest absolute Gasteiger partial charge is 0.266 e. The molecule has 0 aliphatic heterocycles. The molecule has 4 rings (SSSR count). The summed E-state index contributed by atoms with van der Waals surface area (Å²) in [5, 5.41) is 12.0. The lowest BCUT2D eigenvalue weighted by molar-refractivity contribution is 0.459. The highest BCUT2D eigenvalue weighted by Crippen LogP contribution is 2.42. The third kappa shape index (κ3) is 5.55. The van der Waals surface area contributed by atoms with Crippen molar-refractivity contribution in [1.29, 1.82) is 0 Å². The van der Waals surface area contributed by atoms with E-state index >= 15 is 0 Å². The summed E-state index contributed by atoms with van der Waals surface area (Å²) in [6.07, 6.45) is 4.31. The second-order valence-corrected chi connectivity index (χ2v) is 9.88. The number of nitrogens with zero attached hydrogens (tertiary/aromatic N) is 2. The summed E-state index contributed by atoms with van der Waals surface area (Å²) < 4.78 is 0. The Morgan fingerprint density at radius 1 is 1.11 bits per heavy atom. The van der Waals surface area contributed by atoms with Gasteiger partial charge in [-0.1, -0.05) is 61.0 Å². The van der Waals surface area contributed by atoms with Crippen LogP contribution in [0.2, 0.25) is 5.02 Å². The van der Waals surface area contributed by atoms with Gasteiger partial charge in [0.15, 0.2) is 5.75 Å². The molecule has 0 atom stereocenters. The second-order valence-electron chi connectivity index (χ2n) is 8.36. The van der Waals surface area contributed by atoms with Gasteiger partial charge in [-0.25, -0.2) is 0 Å². The fraction of sp³-hybridized carbons (Fsp3) is 0.214. The third-order valence-electron chi connectivity index (χ3n) is 5.90. The summed E-state index contributed by atoms with van der Waals surface area (Å²) >= 11 is 7.46. The topological polar surface area (TPSA) is 69.2 Å². The molecule has 35 heavy (non-hydrogen) atoms. The quantitative estimate of drug-likeness (QED) is 0.261. The number of benzene rings is 2. The van der Waals surface area contributed by atoms with E-state index in [1.807, 2.05) is 79.5 Å². The number of hydrogen-bond acceptors (Lipinski definition) is 5. The normalized spacial score (nSPS) is 11.0. The molecule has 5 nitrogen and oxygen atoms in total. The number of halogens is 1. The van der Waals surface area contributed by atoms with Gasteiger partial charge in [0.2, 0.25) is 0 Å². The molecule has 0 radical (unpaired) electrons. The Bertz CT molecular complexity index is 1390. The van der Waals surface area contributed by atoms with Gasteiger partial charge in [0, 0.05) is 45.8 Å². The Hall–Kier alpha value is -3.22. The van der Waals surface area contributed by atoms with Crippen LogP contribution in [-0.4, -0.2) is 22.1 Å². The Balaban J connectivity index is 1.72. The highest BCUT2D eigenvalue weighted by Gasteiger charge is 2.22. The van der Waals surface area contributed by atoms with E-state index in [0.717, 1.165) is 40.2 Å². The fourth-order valence-corrected chi connectivity index (χ4v) is 5.05. The van der Waals surface area contributed by atoms with Crippen LogP contribution in [-0.2, 0) is 6.42 Å². The third-order valence-corrected chi connectivity index (χ3v) is 7.23. The van der Waals surface area contributed by atoms with Crippen molar-refractivity contribution in [3.8, 4) is 16.9 Å². The lowest BCUT2D eigenvalue weighted by Gasteiger charge is -2.24. The maximum Gasteiger partial charge on any atom is 0.266 e. The second kappa shape index (κ2) is 11.0. The van der Waals surface area contributed by atoms with Crippen LogP contribution in [0.25, 0.3) is 11.1 Å². The molecule has 0 aliphatic rings. The van der Waals surface area contributed by atoms with Gasteiger partial charge in [-0.2, -0.15) is 0 Å². The number of anilines is 2. The van der Waals surface area contributed by atoms with Crippen LogP contribution >= 0.6 is 23.4 Å². The van der Waals surface area contributed by atoms with E-state index in [-0.39, 0.29) is 16.2 Å². The number of rotatable bonds is 8. The molecule has 2 aromatic heterocycles. The first-order valence-electron chi connectivity index (χ1n) is 11.6. The Morgan fingerprint density at radius 2 is 1.89 bits per heavy atom. The van der Waals surface area contributed by atoms with Crippen molar-refractivity contribution >= 4 is 34.7 Å². The van der Waals surface area contributed by atoms with Crippen molar-refractivity contribution in [2.45, 2.75) is 42.9 Å². The number of aromatic nitrogens is 2. The molecule has 7 heteroatoms. The van der Waals surface area contributed by atoms with Gasteiger partial charge in [-0.05, 0) is 61.7 Å². The van der Waals surface area contributed by atoms with Gasteiger partial charge < -0.3 is 15.0 Å². The molecule has 4 aromatic rings. The number of aryl methyl sites for hydroxylation is 2. The van der Waals surface area contributed by atoms with Crippen molar-refractivity contribution in [1.82, 2.24) is 9.97 Å². The predicted molar refractivity (Wildman–Crippen MR) is 145 cm³/mol. The summed E-state index contributed by atoms with van der Waals surface area (Å²) in [4.78, 5) is 23.4. The molecule has 2 heterocycles. The minimum absolute atomic E-state index is 0.0282. The van der Waals surface area contributed by atoms with Crippen LogP contribution in [0.15, 0.2) is 81.4 Å².